The summed E-state index contributed by atoms with van der Waals surface area (Å²) in [6, 6.07) is 30.2. The van der Waals surface area contributed by atoms with Gasteiger partial charge in [0.25, 0.3) is 11.2 Å². The number of rotatable bonds is 8. The van der Waals surface area contributed by atoms with E-state index in [1.54, 1.807) is 12.1 Å². The number of nitro groups is 1. The molecule has 1 aliphatic heterocycles. The van der Waals surface area contributed by atoms with Gasteiger partial charge in [-0.05, 0) is 77.9 Å². The molecule has 2 heterocycles. The standard InChI is InChI=1S/C36H29N3O5S/c1-2-43-31-20-24(14-19-30(31)44-22-23-12-16-27(17-13-23)39(41)42)21-32-35(40)38-34(26-9-4-3-5-10-26)29-18-15-25-8-6-7-11-28(25)33(29)37-36(38)45-32/h3-14,16-17,19-21,34H,2,15,18,22H2,1H3/b32-21+/t34-/m0/s1. The van der Waals surface area contributed by atoms with Gasteiger partial charge in [0.2, 0.25) is 0 Å². The predicted octanol–water partition coefficient (Wildman–Crippen LogP) is 6.20. The first-order chi connectivity index (χ1) is 22.0. The zero-order valence-electron chi connectivity index (χ0n) is 24.5. The van der Waals surface area contributed by atoms with Crippen molar-refractivity contribution in [3.8, 4) is 11.5 Å². The Morgan fingerprint density at radius 3 is 2.51 bits per heavy atom. The molecule has 7 rings (SSSR count). The molecule has 0 spiro atoms. The zero-order valence-corrected chi connectivity index (χ0v) is 25.3. The van der Waals surface area contributed by atoms with Gasteiger partial charge in [0, 0.05) is 17.7 Å². The molecule has 45 heavy (non-hydrogen) atoms. The first-order valence-electron chi connectivity index (χ1n) is 14.8. The van der Waals surface area contributed by atoms with Crippen LogP contribution in [-0.2, 0) is 13.0 Å². The van der Waals surface area contributed by atoms with Gasteiger partial charge in [-0.25, -0.2) is 4.99 Å². The summed E-state index contributed by atoms with van der Waals surface area (Å²) in [4.78, 5) is 30.4. The molecule has 224 valence electrons. The lowest BCUT2D eigenvalue weighted by molar-refractivity contribution is -0.384. The number of hydrogen-bond donors (Lipinski definition) is 0. The third kappa shape index (κ3) is 5.47. The third-order valence-corrected chi connectivity index (χ3v) is 9.08. The SMILES string of the molecule is CCOc1cc(/C=c2/sc3n(c2=O)[C@@H](c2ccccc2)C2=C(N=3)c3ccccc3CC2)ccc1OCc1ccc([N+](=O)[O-])cc1. The zero-order chi connectivity index (χ0) is 30.9. The van der Waals surface area contributed by atoms with E-state index >= 15 is 0 Å². The van der Waals surface area contributed by atoms with Gasteiger partial charge in [0.1, 0.15) is 6.61 Å². The molecule has 8 nitrogen and oxygen atoms in total. The monoisotopic (exact) mass is 615 g/mol. The maximum atomic E-state index is 14.1. The molecular formula is C36H29N3O5S. The van der Waals surface area contributed by atoms with Crippen molar-refractivity contribution >= 4 is 28.8 Å². The number of allylic oxidation sites excluding steroid dienone is 1. The smallest absolute Gasteiger partial charge is 0.271 e. The van der Waals surface area contributed by atoms with E-state index in [9.17, 15) is 14.9 Å². The van der Waals surface area contributed by atoms with Crippen molar-refractivity contribution in [2.45, 2.75) is 32.4 Å². The van der Waals surface area contributed by atoms with E-state index in [4.69, 9.17) is 14.5 Å². The molecular weight excluding hydrogens is 586 g/mol. The van der Waals surface area contributed by atoms with Gasteiger partial charge in [-0.3, -0.25) is 19.5 Å². The van der Waals surface area contributed by atoms with Gasteiger partial charge < -0.3 is 9.47 Å². The highest BCUT2D eigenvalue weighted by Crippen LogP contribution is 2.41. The van der Waals surface area contributed by atoms with Crippen molar-refractivity contribution in [2.75, 3.05) is 6.61 Å². The highest BCUT2D eigenvalue weighted by molar-refractivity contribution is 7.07. The number of nitrogens with zero attached hydrogens (tertiary/aromatic N) is 3. The molecule has 1 aromatic heterocycles. The predicted molar refractivity (Wildman–Crippen MR) is 174 cm³/mol. The van der Waals surface area contributed by atoms with E-state index in [1.807, 2.05) is 60.0 Å². The summed E-state index contributed by atoms with van der Waals surface area (Å²) >= 11 is 1.39. The number of non-ortho nitro benzene ring substituents is 1. The minimum atomic E-state index is -0.428. The number of thiazole rings is 1. The van der Waals surface area contributed by atoms with Gasteiger partial charge >= 0.3 is 0 Å². The van der Waals surface area contributed by atoms with Crippen LogP contribution in [0.15, 0.2) is 112 Å². The number of fused-ring (bicyclic) bond motifs is 3. The summed E-state index contributed by atoms with van der Waals surface area (Å²) in [6.45, 7) is 2.56. The van der Waals surface area contributed by atoms with Crippen LogP contribution in [0.2, 0.25) is 0 Å². The number of ether oxygens (including phenoxy) is 2. The average molecular weight is 616 g/mol. The summed E-state index contributed by atoms with van der Waals surface area (Å²) in [6.07, 6.45) is 3.64. The second-order valence-corrected chi connectivity index (χ2v) is 11.9. The second kappa shape index (κ2) is 12.0. The van der Waals surface area contributed by atoms with Crippen molar-refractivity contribution in [1.29, 1.82) is 0 Å². The highest BCUT2D eigenvalue weighted by atomic mass is 32.1. The summed E-state index contributed by atoms with van der Waals surface area (Å²) in [7, 11) is 0. The van der Waals surface area contributed by atoms with Crippen molar-refractivity contribution in [3.05, 3.63) is 160 Å². The Morgan fingerprint density at radius 1 is 0.956 bits per heavy atom. The van der Waals surface area contributed by atoms with Crippen molar-refractivity contribution < 1.29 is 14.4 Å². The Balaban J connectivity index is 1.26. The first-order valence-corrected chi connectivity index (χ1v) is 15.6. The summed E-state index contributed by atoms with van der Waals surface area (Å²) in [5.74, 6) is 1.10. The van der Waals surface area contributed by atoms with E-state index in [0.717, 1.165) is 40.8 Å². The fourth-order valence-corrected chi connectivity index (χ4v) is 6.99. The molecule has 0 N–H and O–H groups in total. The molecule has 0 amide bonds. The molecule has 5 aromatic rings. The summed E-state index contributed by atoms with van der Waals surface area (Å²) < 4.78 is 14.4. The first kappa shape index (κ1) is 28.5. The second-order valence-electron chi connectivity index (χ2n) is 10.9. The van der Waals surface area contributed by atoms with Gasteiger partial charge in [-0.1, -0.05) is 72.0 Å². The van der Waals surface area contributed by atoms with Crippen LogP contribution in [0.3, 0.4) is 0 Å². The molecule has 1 aliphatic carbocycles. The molecule has 0 radical (unpaired) electrons. The maximum absolute atomic E-state index is 14.1. The van der Waals surface area contributed by atoms with Crippen molar-refractivity contribution in [1.82, 2.24) is 4.57 Å². The summed E-state index contributed by atoms with van der Waals surface area (Å²) in [5.41, 5.74) is 7.20. The van der Waals surface area contributed by atoms with Gasteiger partial charge in [0.15, 0.2) is 16.3 Å². The Labute approximate surface area is 263 Å². The molecule has 0 fully saturated rings. The van der Waals surface area contributed by atoms with Gasteiger partial charge in [-0.2, -0.15) is 0 Å². The fraction of sp³-hybridized carbons (Fsp3) is 0.167. The van der Waals surface area contributed by atoms with E-state index in [0.29, 0.717) is 27.4 Å². The topological polar surface area (TPSA) is 96.0 Å². The van der Waals surface area contributed by atoms with Crippen LogP contribution in [0, 0.1) is 10.1 Å². The fourth-order valence-electron chi connectivity index (χ4n) is 5.99. The highest BCUT2D eigenvalue weighted by Gasteiger charge is 2.32. The molecule has 0 unspecified atom stereocenters. The normalized spacial score (nSPS) is 15.5. The van der Waals surface area contributed by atoms with Crippen LogP contribution in [0.1, 0.15) is 47.2 Å². The molecule has 0 saturated heterocycles. The number of benzene rings is 4. The Hall–Kier alpha value is -5.28. The quantitative estimate of drug-likeness (QED) is 0.153. The van der Waals surface area contributed by atoms with E-state index < -0.39 is 4.92 Å². The van der Waals surface area contributed by atoms with Crippen molar-refractivity contribution in [2.24, 2.45) is 4.99 Å². The lowest BCUT2D eigenvalue weighted by atomic mass is 9.83. The van der Waals surface area contributed by atoms with Crippen molar-refractivity contribution in [3.63, 3.8) is 0 Å². The van der Waals surface area contributed by atoms with E-state index in [-0.39, 0.29) is 23.9 Å². The van der Waals surface area contributed by atoms with E-state index in [2.05, 4.69) is 30.3 Å². The number of aryl methyl sites for hydroxylation is 1. The average Bonchev–Trinajstić information content (AvgIpc) is 3.37. The molecule has 4 aromatic carbocycles. The molecule has 1 atom stereocenters. The lowest BCUT2D eigenvalue weighted by Crippen LogP contribution is -2.38. The third-order valence-electron chi connectivity index (χ3n) is 8.10. The molecule has 9 heteroatoms. The van der Waals surface area contributed by atoms with Crippen LogP contribution in [-0.4, -0.2) is 16.1 Å². The van der Waals surface area contributed by atoms with E-state index in [1.165, 1.54) is 34.6 Å². The van der Waals surface area contributed by atoms with Crippen LogP contribution in [0.25, 0.3) is 11.8 Å². The lowest BCUT2D eigenvalue weighted by Gasteiger charge is -2.30. The minimum absolute atomic E-state index is 0.0310. The Kier molecular flexibility index (Phi) is 7.61. The number of nitro benzene ring substituents is 1. The van der Waals surface area contributed by atoms with Crippen LogP contribution < -0.4 is 24.4 Å². The molecule has 0 bridgehead atoms. The molecule has 2 aliphatic rings. The summed E-state index contributed by atoms with van der Waals surface area (Å²) in [5, 5.41) is 11.0. The number of aromatic nitrogens is 1. The molecule has 0 saturated carbocycles. The Bertz CT molecular complexity index is 2130. The minimum Gasteiger partial charge on any atom is -0.490 e. The number of hydrogen-bond acceptors (Lipinski definition) is 7. The van der Waals surface area contributed by atoms with Gasteiger partial charge in [-0.15, -0.1) is 0 Å². The Morgan fingerprint density at radius 2 is 1.73 bits per heavy atom. The largest absolute Gasteiger partial charge is 0.490 e. The van der Waals surface area contributed by atoms with Crippen LogP contribution in [0.5, 0.6) is 11.5 Å². The van der Waals surface area contributed by atoms with Crippen LogP contribution >= 0.6 is 11.3 Å². The van der Waals surface area contributed by atoms with Crippen LogP contribution in [0.4, 0.5) is 5.69 Å². The van der Waals surface area contributed by atoms with Gasteiger partial charge in [0.05, 0.1) is 27.8 Å². The maximum Gasteiger partial charge on any atom is 0.271 e.